The van der Waals surface area contributed by atoms with Crippen LogP contribution in [0.3, 0.4) is 0 Å². The Kier molecular flexibility index (Phi) is 22.5. The SMILES string of the molecule is CC(=O)O.COc1ccc(Cn2nc(N3CCC[C@@H](N)C3)c3c(Oc4ccc(C(=O)Nc5cc(C(F)(F)F)ccn5)cc4)ccnc32)cc1.COc1ccc(Cn2nc(N3CCC[C@@H](NC(=O)OC(C)(C)C)C3)c3c(Oc4ccc(C(=O)Nc5cc(C(F)(F)F)ccn5)cc4)ccnc32)cc1. The first-order valence-electron chi connectivity index (χ1n) is 31.8. The summed E-state index contributed by atoms with van der Waals surface area (Å²) in [6.07, 6.45) is -0.909. The predicted octanol–water partition coefficient (Wildman–Crippen LogP) is 13.4. The molecule has 24 nitrogen and oxygen atoms in total. The molecule has 2 saturated heterocycles. The highest BCUT2D eigenvalue weighted by atomic mass is 19.4. The molecule has 0 aliphatic carbocycles. The molecule has 2 aliphatic heterocycles. The van der Waals surface area contributed by atoms with Gasteiger partial charge in [-0.25, -0.2) is 34.1 Å². The number of hydrogen-bond acceptors (Lipinski definition) is 18. The van der Waals surface area contributed by atoms with Gasteiger partial charge in [0.25, 0.3) is 17.8 Å². The summed E-state index contributed by atoms with van der Waals surface area (Å²) in [4.78, 5) is 68.5. The van der Waals surface area contributed by atoms with Crippen molar-refractivity contribution in [3.63, 3.8) is 0 Å². The number of nitrogens with two attached hydrogens (primary N) is 1. The van der Waals surface area contributed by atoms with Crippen LogP contribution in [0.15, 0.2) is 158 Å². The third kappa shape index (κ3) is 19.2. The monoisotopic (exact) mass is 1390 g/mol. The number of pyridine rings is 4. The Bertz CT molecular complexity index is 4530. The van der Waals surface area contributed by atoms with Crippen molar-refractivity contribution in [1.29, 1.82) is 0 Å². The summed E-state index contributed by atoms with van der Waals surface area (Å²) < 4.78 is 111. The fourth-order valence-corrected chi connectivity index (χ4v) is 11.0. The zero-order chi connectivity index (χ0) is 72.2. The van der Waals surface area contributed by atoms with Crippen LogP contribution in [0.1, 0.15) is 96.3 Å². The van der Waals surface area contributed by atoms with E-state index in [0.717, 1.165) is 110 Å². The molecule has 0 unspecified atom stereocenters. The summed E-state index contributed by atoms with van der Waals surface area (Å²) in [5.74, 6) is 2.19. The lowest BCUT2D eigenvalue weighted by Crippen LogP contribution is -2.49. The predicted molar refractivity (Wildman–Crippen MR) is 364 cm³/mol. The van der Waals surface area contributed by atoms with Crippen molar-refractivity contribution in [2.45, 2.75) is 96.5 Å². The van der Waals surface area contributed by atoms with Crippen molar-refractivity contribution in [2.75, 3.05) is 60.8 Å². The minimum absolute atomic E-state index is 0.0198. The molecule has 3 amide bonds. The number of carbonyl (C=O) groups excluding carboxylic acids is 3. The van der Waals surface area contributed by atoms with Crippen LogP contribution in [0.5, 0.6) is 34.5 Å². The molecule has 2 fully saturated rings. The zero-order valence-corrected chi connectivity index (χ0v) is 55.7. The lowest BCUT2D eigenvalue weighted by molar-refractivity contribution is -0.138. The van der Waals surface area contributed by atoms with Gasteiger partial charge in [0.1, 0.15) is 62.5 Å². The largest absolute Gasteiger partial charge is 0.497 e. The van der Waals surface area contributed by atoms with Crippen molar-refractivity contribution in [3.8, 4) is 34.5 Å². The van der Waals surface area contributed by atoms with E-state index in [1.54, 1.807) is 67.7 Å². The van der Waals surface area contributed by atoms with Gasteiger partial charge in [0, 0.05) is 93.2 Å². The van der Waals surface area contributed by atoms with E-state index in [4.69, 9.17) is 49.5 Å². The van der Waals surface area contributed by atoms with Gasteiger partial charge in [-0.1, -0.05) is 24.3 Å². The summed E-state index contributed by atoms with van der Waals surface area (Å²) in [5, 5.41) is 26.6. The number of alkyl halides is 6. The number of rotatable bonds is 17. The normalized spacial score (nSPS) is 14.7. The van der Waals surface area contributed by atoms with Gasteiger partial charge in [-0.05, 0) is 155 Å². The Morgan fingerprint density at radius 3 is 1.35 bits per heavy atom. The van der Waals surface area contributed by atoms with Crippen molar-refractivity contribution in [3.05, 3.63) is 192 Å². The summed E-state index contributed by atoms with van der Waals surface area (Å²) in [6, 6.07) is 34.4. The highest BCUT2D eigenvalue weighted by Gasteiger charge is 2.34. The van der Waals surface area contributed by atoms with E-state index >= 15 is 0 Å². The van der Waals surface area contributed by atoms with Crippen LogP contribution in [0, 0.1) is 0 Å². The summed E-state index contributed by atoms with van der Waals surface area (Å²) in [6.45, 7) is 10.0. The van der Waals surface area contributed by atoms with E-state index in [9.17, 15) is 40.7 Å². The van der Waals surface area contributed by atoms with Gasteiger partial charge >= 0.3 is 18.4 Å². The molecule has 4 aromatic carbocycles. The Labute approximate surface area is 575 Å². The molecule has 8 heterocycles. The standard InChI is InChI=1S/C37H38F3N7O5.C32H30F3N7O3.C2H4O2/c1-36(2,3)52-35(49)43-26-6-5-19-46(22-26)33-31-29(16-18-42-32(31)47(45-33)21-23-7-11-27(50-4)12-8-23)51-28-13-9-24(10-14-28)34(48)44-30-20-25(15-17-41-30)37(38,39)40;1-44-24-8-4-20(5-9-24)18-42-29-28(30(40-42)41-16-2-3-23(36)19-41)26(13-15-38-29)45-25-10-6-21(7-11-25)31(43)39-27-17-22(12-14-37-27)32(33,34)35;1-2(3)4/h7-18,20,26H,5-6,19,21-22H2,1-4H3,(H,43,49)(H,41,44,48);4-15,17,23H,2-3,16,18-19,36H2,1H3,(H,37,39,43);1H3,(H,3,4)/t26-;23-;/m11./s1. The first-order chi connectivity index (χ1) is 48.2. The third-order valence-electron chi connectivity index (χ3n) is 15.7. The molecule has 2 atom stereocenters. The number of aliphatic carboxylic acids is 1. The Morgan fingerprint density at radius 1 is 0.554 bits per heavy atom. The average Bonchev–Trinajstić information content (AvgIpc) is 1.62. The molecule has 2 aliphatic rings. The number of carboxylic acid groups (broad SMARTS) is 1. The van der Waals surface area contributed by atoms with Crippen molar-refractivity contribution < 1.29 is 74.3 Å². The fourth-order valence-electron chi connectivity index (χ4n) is 11.0. The minimum atomic E-state index is -4.57. The van der Waals surface area contributed by atoms with E-state index in [-0.39, 0.29) is 34.8 Å². The number of nitrogens with zero attached hydrogens (tertiary/aromatic N) is 10. The van der Waals surface area contributed by atoms with Crippen LogP contribution in [0.4, 0.5) is 54.4 Å². The smallest absolute Gasteiger partial charge is 0.416 e. The summed E-state index contributed by atoms with van der Waals surface area (Å²) in [7, 11) is 3.23. The number of benzene rings is 4. The first kappa shape index (κ1) is 72.2. The highest BCUT2D eigenvalue weighted by Crippen LogP contribution is 2.40. The van der Waals surface area contributed by atoms with Crippen LogP contribution in [-0.2, 0) is 35.0 Å². The molecule has 0 bridgehead atoms. The maximum Gasteiger partial charge on any atom is 0.416 e. The van der Waals surface area contributed by atoms with Gasteiger partial charge < -0.3 is 60.3 Å². The van der Waals surface area contributed by atoms with Crippen LogP contribution >= 0.6 is 0 Å². The van der Waals surface area contributed by atoms with Gasteiger partial charge in [-0.2, -0.15) is 36.5 Å². The van der Waals surface area contributed by atoms with Crippen LogP contribution in [-0.4, -0.2) is 127 Å². The number of carboxylic acids is 1. The molecule has 10 aromatic rings. The maximum absolute atomic E-state index is 13.1. The number of alkyl carbamates (subject to hydrolysis) is 1. The molecule has 101 heavy (non-hydrogen) atoms. The van der Waals surface area contributed by atoms with Gasteiger partial charge in [-0.15, -0.1) is 0 Å². The van der Waals surface area contributed by atoms with E-state index in [1.807, 2.05) is 74.0 Å². The molecule has 0 spiro atoms. The van der Waals surface area contributed by atoms with Crippen molar-refractivity contribution in [1.82, 2.24) is 44.8 Å². The second-order valence-corrected chi connectivity index (χ2v) is 24.5. The number of hydrogen-bond donors (Lipinski definition) is 5. The molecule has 528 valence electrons. The molecule has 6 N–H and O–H groups in total. The molecule has 12 rings (SSSR count). The highest BCUT2D eigenvalue weighted by molar-refractivity contribution is 6.04. The van der Waals surface area contributed by atoms with E-state index in [1.165, 1.54) is 24.3 Å². The molecule has 30 heteroatoms. The quantitative estimate of drug-likeness (QED) is 0.0529. The second kappa shape index (κ2) is 31.5. The number of halogens is 6. The lowest BCUT2D eigenvalue weighted by atomic mass is 10.1. The molecule has 6 aromatic heterocycles. The van der Waals surface area contributed by atoms with Crippen molar-refractivity contribution >= 4 is 69.2 Å². The van der Waals surface area contributed by atoms with Gasteiger partial charge in [-0.3, -0.25) is 14.4 Å². The summed E-state index contributed by atoms with van der Waals surface area (Å²) in [5.41, 5.74) is 7.49. The Morgan fingerprint density at radius 2 is 0.950 bits per heavy atom. The second-order valence-electron chi connectivity index (χ2n) is 24.5. The van der Waals surface area contributed by atoms with E-state index < -0.39 is 53.0 Å². The number of aromatic nitrogens is 8. The van der Waals surface area contributed by atoms with Gasteiger partial charge in [0.05, 0.1) is 38.4 Å². The van der Waals surface area contributed by atoms with Crippen molar-refractivity contribution in [2.24, 2.45) is 5.73 Å². The molecular weight excluding hydrogens is 1320 g/mol. The van der Waals surface area contributed by atoms with Gasteiger partial charge in [0.2, 0.25) is 0 Å². The number of fused-ring (bicyclic) bond motifs is 2. The van der Waals surface area contributed by atoms with Crippen LogP contribution in [0.2, 0.25) is 0 Å². The number of piperidine rings is 2. The number of anilines is 4. The minimum Gasteiger partial charge on any atom is -0.497 e. The number of nitrogens with one attached hydrogen (secondary N) is 3. The van der Waals surface area contributed by atoms with Crippen LogP contribution in [0.25, 0.3) is 22.1 Å². The maximum atomic E-state index is 13.1. The van der Waals surface area contributed by atoms with E-state index in [0.29, 0.717) is 78.2 Å². The van der Waals surface area contributed by atoms with E-state index in [2.05, 4.69) is 45.7 Å². The number of ether oxygens (including phenoxy) is 5. The number of amides is 3. The number of carbonyl (C=O) groups is 4. The number of methoxy groups -OCH3 is 2. The molecule has 0 radical (unpaired) electrons. The van der Waals surface area contributed by atoms with Crippen LogP contribution < -0.4 is 50.4 Å². The lowest BCUT2D eigenvalue weighted by Gasteiger charge is -2.34. The average molecular weight is 1400 g/mol. The molecule has 0 saturated carbocycles. The van der Waals surface area contributed by atoms with Gasteiger partial charge in [0.15, 0.2) is 22.9 Å². The Balaban J connectivity index is 0.000000209. The summed E-state index contributed by atoms with van der Waals surface area (Å²) >= 11 is 0. The fraction of sp³-hybridized carbons (Fsp3) is 0.296. The topological polar surface area (TPSA) is 290 Å². The molecular formula is C71H72F6N14O10. The third-order valence-corrected chi connectivity index (χ3v) is 15.7. The first-order valence-corrected chi connectivity index (χ1v) is 31.8. The Hall–Kier alpha value is -11.6. The zero-order valence-electron chi connectivity index (χ0n) is 55.7.